The van der Waals surface area contributed by atoms with E-state index in [1.807, 2.05) is 39.0 Å². The molecule has 4 N–H and O–H groups in total. The van der Waals surface area contributed by atoms with Crippen molar-refractivity contribution >= 4 is 68.6 Å². The first-order chi connectivity index (χ1) is 23.0. The van der Waals surface area contributed by atoms with Crippen LogP contribution in [0.4, 0.5) is 28.8 Å². The molecule has 0 saturated carbocycles. The van der Waals surface area contributed by atoms with E-state index in [0.717, 1.165) is 38.8 Å². The summed E-state index contributed by atoms with van der Waals surface area (Å²) in [7, 11) is -1.26. The number of benzene rings is 2. The van der Waals surface area contributed by atoms with Crippen molar-refractivity contribution in [3.8, 4) is 0 Å². The van der Waals surface area contributed by atoms with Gasteiger partial charge in [-0.3, -0.25) is 9.00 Å². The van der Waals surface area contributed by atoms with Gasteiger partial charge in [-0.15, -0.1) is 21.4 Å². The zero-order valence-electron chi connectivity index (χ0n) is 27.5. The Morgan fingerprint density at radius 3 is 1.90 bits per heavy atom. The van der Waals surface area contributed by atoms with E-state index in [0.29, 0.717) is 33.7 Å². The van der Waals surface area contributed by atoms with E-state index >= 15 is 0 Å². The molecular weight excluding hydrogens is 645 g/mol. The second-order valence-electron chi connectivity index (χ2n) is 11.1. The van der Waals surface area contributed by atoms with Gasteiger partial charge in [-0.25, -0.2) is 14.5 Å². The zero-order valence-corrected chi connectivity index (χ0v) is 29.2. The number of aryl methyl sites for hydroxylation is 4. The molecule has 0 aliphatic rings. The Balaban J connectivity index is 0.000000188. The van der Waals surface area contributed by atoms with Gasteiger partial charge in [-0.05, 0) is 80.0 Å². The molecule has 1 unspecified atom stereocenters. The van der Waals surface area contributed by atoms with E-state index in [2.05, 4.69) is 80.7 Å². The number of primary amides is 1. The Bertz CT molecular complexity index is 2180. The molecule has 6 aromatic rings. The number of carbonyl (C=O) groups excluding carboxylic acids is 1. The van der Waals surface area contributed by atoms with Crippen LogP contribution >= 0.6 is 11.8 Å². The minimum atomic E-state index is -1.26. The first-order valence-corrected chi connectivity index (χ1v) is 17.5. The number of hydrogen-bond donors (Lipinski definition) is 3. The number of amides is 1. The number of carbonyl (C=O) groups is 1. The topological polar surface area (TPSA) is 149 Å². The third-order valence-electron chi connectivity index (χ3n) is 7.01. The van der Waals surface area contributed by atoms with Crippen molar-refractivity contribution in [3.63, 3.8) is 0 Å². The van der Waals surface area contributed by atoms with Crippen molar-refractivity contribution in [1.29, 1.82) is 0 Å². The minimum Gasteiger partial charge on any atom is -0.364 e. The average molecular weight is 681 g/mol. The molecule has 0 fully saturated rings. The molecule has 0 aliphatic heterocycles. The van der Waals surface area contributed by atoms with Gasteiger partial charge < -0.3 is 21.2 Å². The van der Waals surface area contributed by atoms with Crippen molar-refractivity contribution in [2.45, 2.75) is 51.3 Å². The predicted octanol–water partition coefficient (Wildman–Crippen LogP) is 7.07. The number of thioether (sulfide) groups is 1. The zero-order chi connectivity index (χ0) is 34.5. The van der Waals surface area contributed by atoms with E-state index in [1.165, 1.54) is 21.8 Å². The monoisotopic (exact) mass is 680 g/mol. The predicted molar refractivity (Wildman–Crippen MR) is 192 cm³/mol. The highest BCUT2D eigenvalue weighted by atomic mass is 32.2. The van der Waals surface area contributed by atoms with Crippen LogP contribution in [0, 0.1) is 34.3 Å². The van der Waals surface area contributed by atoms with E-state index in [4.69, 9.17) is 12.3 Å². The maximum atomic E-state index is 12.4. The number of anilines is 4. The van der Waals surface area contributed by atoms with Crippen LogP contribution in [0.3, 0.4) is 0 Å². The SMILES string of the molecule is CCS(=O)c1cc(Nc2cc(C)cc(C)c2)nn2c(C(N)=O)cnc12.[C-]#[N+]c1cnc2c(SCC)cc(Nc3cc(C)cc(C)c3)nn12. The van der Waals surface area contributed by atoms with E-state index in [-0.39, 0.29) is 5.69 Å². The molecule has 4 heterocycles. The maximum Gasteiger partial charge on any atom is 0.275 e. The number of fused-ring (bicyclic) bond motifs is 2. The number of nitrogens with zero attached hydrogens (tertiary/aromatic N) is 7. The highest BCUT2D eigenvalue weighted by Gasteiger charge is 2.18. The normalized spacial score (nSPS) is 11.5. The molecule has 1 atom stereocenters. The smallest absolute Gasteiger partial charge is 0.275 e. The lowest BCUT2D eigenvalue weighted by Gasteiger charge is -2.11. The number of nitrogens with two attached hydrogens (primary N) is 1. The molecule has 12 nitrogen and oxygen atoms in total. The van der Waals surface area contributed by atoms with Gasteiger partial charge in [-0.1, -0.05) is 37.7 Å². The molecule has 0 bridgehead atoms. The lowest BCUT2D eigenvalue weighted by molar-refractivity contribution is 0.0993. The largest absolute Gasteiger partial charge is 0.364 e. The molecule has 0 aliphatic carbocycles. The summed E-state index contributed by atoms with van der Waals surface area (Å²) >= 11 is 1.69. The number of aromatic nitrogens is 6. The van der Waals surface area contributed by atoms with Gasteiger partial charge in [0.05, 0.1) is 33.0 Å². The molecule has 4 aromatic heterocycles. The van der Waals surface area contributed by atoms with Gasteiger partial charge in [0.25, 0.3) is 11.7 Å². The number of hydrogen-bond acceptors (Lipinski definition) is 9. The summed E-state index contributed by atoms with van der Waals surface area (Å²) in [5.74, 6) is 2.32. The summed E-state index contributed by atoms with van der Waals surface area (Å²) in [6, 6.07) is 16.0. The van der Waals surface area contributed by atoms with Crippen LogP contribution in [0.25, 0.3) is 16.1 Å². The van der Waals surface area contributed by atoms with Crippen LogP contribution in [-0.4, -0.2) is 50.8 Å². The van der Waals surface area contributed by atoms with Crippen LogP contribution in [0.1, 0.15) is 46.6 Å². The summed E-state index contributed by atoms with van der Waals surface area (Å²) in [6.07, 6.45) is 2.91. The number of imidazole rings is 2. The first kappa shape index (κ1) is 34.1. The summed E-state index contributed by atoms with van der Waals surface area (Å²) < 4.78 is 15.4. The fraction of sp³-hybridized carbons (Fsp3) is 0.235. The van der Waals surface area contributed by atoms with E-state index in [9.17, 15) is 9.00 Å². The minimum absolute atomic E-state index is 0.147. The Morgan fingerprint density at radius 1 is 0.833 bits per heavy atom. The van der Waals surface area contributed by atoms with E-state index < -0.39 is 16.7 Å². The Labute approximate surface area is 285 Å². The standard InChI is InChI=1S/C17H19N5O2S.C17H17N5S/c1-4-25(24)14-8-15(20-12-6-10(2)5-11(3)7-12)21-22-13(16(18)23)9-19-17(14)22;1-5-23-14-9-15(20-13-7-11(2)6-12(3)8-13)21-22-16(18-4)10-19-17(14)22/h5-9H,4H2,1-3H3,(H2,18,23)(H,20,21);6-10H,5H2,1-3H3,(H,20,21). The van der Waals surface area contributed by atoms with Crippen LogP contribution < -0.4 is 16.4 Å². The third kappa shape index (κ3) is 7.64. The second-order valence-corrected chi connectivity index (χ2v) is 14.1. The van der Waals surface area contributed by atoms with Gasteiger partial charge in [0.2, 0.25) is 5.65 Å². The number of rotatable bonds is 9. The highest BCUT2D eigenvalue weighted by molar-refractivity contribution is 7.99. The fourth-order valence-corrected chi connectivity index (χ4v) is 6.88. The second kappa shape index (κ2) is 14.7. The van der Waals surface area contributed by atoms with Gasteiger partial charge in [0, 0.05) is 29.3 Å². The molecule has 0 radical (unpaired) electrons. The van der Waals surface area contributed by atoms with Crippen molar-refractivity contribution in [2.24, 2.45) is 5.73 Å². The maximum absolute atomic E-state index is 12.4. The fourth-order valence-electron chi connectivity index (χ4n) is 5.21. The average Bonchev–Trinajstić information content (AvgIpc) is 3.64. The molecule has 6 rings (SSSR count). The van der Waals surface area contributed by atoms with Crippen LogP contribution in [-0.2, 0) is 10.8 Å². The molecule has 48 heavy (non-hydrogen) atoms. The Kier molecular flexibility index (Phi) is 10.4. The van der Waals surface area contributed by atoms with Crippen molar-refractivity contribution in [1.82, 2.24) is 29.2 Å². The van der Waals surface area contributed by atoms with Crippen molar-refractivity contribution in [3.05, 3.63) is 100 Å². The molecule has 1 amide bonds. The third-order valence-corrected chi connectivity index (χ3v) is 9.23. The summed E-state index contributed by atoms with van der Waals surface area (Å²) in [6.45, 7) is 19.3. The molecule has 0 saturated heterocycles. The molecule has 14 heteroatoms. The molecule has 2 aromatic carbocycles. The Morgan fingerprint density at radius 2 is 1.38 bits per heavy atom. The lowest BCUT2D eigenvalue weighted by atomic mass is 10.1. The molecule has 0 spiro atoms. The van der Waals surface area contributed by atoms with Crippen molar-refractivity contribution in [2.75, 3.05) is 22.1 Å². The lowest BCUT2D eigenvalue weighted by Crippen LogP contribution is -2.16. The number of nitrogens with one attached hydrogen (secondary N) is 2. The van der Waals surface area contributed by atoms with E-state index in [1.54, 1.807) is 28.5 Å². The summed E-state index contributed by atoms with van der Waals surface area (Å²) in [4.78, 5) is 25.1. The van der Waals surface area contributed by atoms with Gasteiger partial charge in [-0.2, -0.15) is 0 Å². The Hall–Kier alpha value is -5.26. The van der Waals surface area contributed by atoms with Gasteiger partial charge in [0.1, 0.15) is 5.69 Å². The summed E-state index contributed by atoms with van der Waals surface area (Å²) in [5, 5.41) is 15.5. The molecule has 246 valence electrons. The van der Waals surface area contributed by atoms with Crippen LogP contribution in [0.15, 0.2) is 70.7 Å². The van der Waals surface area contributed by atoms with Crippen LogP contribution in [0.2, 0.25) is 0 Å². The molecular formula is C34H36N10O2S2. The van der Waals surface area contributed by atoms with Crippen LogP contribution in [0.5, 0.6) is 0 Å². The first-order valence-electron chi connectivity index (χ1n) is 15.2. The van der Waals surface area contributed by atoms with Gasteiger partial charge >= 0.3 is 0 Å². The quantitative estimate of drug-likeness (QED) is 0.108. The summed E-state index contributed by atoms with van der Waals surface area (Å²) in [5.41, 5.74) is 13.1. The van der Waals surface area contributed by atoms with Crippen molar-refractivity contribution < 1.29 is 9.00 Å². The van der Waals surface area contributed by atoms with Gasteiger partial charge in [0.15, 0.2) is 17.3 Å². The highest BCUT2D eigenvalue weighted by Crippen LogP contribution is 2.29.